The van der Waals surface area contributed by atoms with Crippen LogP contribution in [0.2, 0.25) is 0 Å². The van der Waals surface area contributed by atoms with Crippen LogP contribution in [0, 0.1) is 5.92 Å². The fourth-order valence-electron chi connectivity index (χ4n) is 3.77. The van der Waals surface area contributed by atoms with Crippen LogP contribution in [0.15, 0.2) is 29.3 Å². The second-order valence-corrected chi connectivity index (χ2v) is 7.26. The van der Waals surface area contributed by atoms with Crippen LogP contribution in [0.25, 0.3) is 0 Å². The predicted octanol–water partition coefficient (Wildman–Crippen LogP) is 2.93. The van der Waals surface area contributed by atoms with E-state index >= 15 is 0 Å². The molecule has 1 aliphatic heterocycles. The summed E-state index contributed by atoms with van der Waals surface area (Å²) in [6.07, 6.45) is 7.82. The Morgan fingerprint density at radius 2 is 2.00 bits per heavy atom. The lowest BCUT2D eigenvalue weighted by molar-refractivity contribution is 0.165. The summed E-state index contributed by atoms with van der Waals surface area (Å²) in [5, 5.41) is 3.30. The number of hydrogen-bond donors (Lipinski definition) is 2. The molecule has 25 heavy (non-hydrogen) atoms. The maximum absolute atomic E-state index is 6.12. The zero-order valence-electron chi connectivity index (χ0n) is 15.4. The van der Waals surface area contributed by atoms with E-state index in [1.807, 2.05) is 12.1 Å². The number of guanidine groups is 1. The van der Waals surface area contributed by atoms with Gasteiger partial charge in [-0.1, -0.05) is 31.0 Å². The van der Waals surface area contributed by atoms with Crippen LogP contribution in [-0.4, -0.2) is 44.1 Å². The van der Waals surface area contributed by atoms with Crippen molar-refractivity contribution in [2.24, 2.45) is 16.6 Å². The highest BCUT2D eigenvalue weighted by atomic mass is 16.5. The van der Waals surface area contributed by atoms with E-state index in [9.17, 15) is 0 Å². The maximum Gasteiger partial charge on any atom is 0.188 e. The molecule has 3 N–H and O–H groups in total. The van der Waals surface area contributed by atoms with E-state index in [-0.39, 0.29) is 6.04 Å². The topological polar surface area (TPSA) is 62.9 Å². The molecule has 1 atom stereocenters. The minimum atomic E-state index is 0.223. The van der Waals surface area contributed by atoms with Crippen LogP contribution < -0.4 is 15.8 Å². The molecule has 1 aromatic carbocycles. The van der Waals surface area contributed by atoms with Gasteiger partial charge in [0.15, 0.2) is 5.96 Å². The molecule has 2 fully saturated rings. The van der Waals surface area contributed by atoms with Crippen molar-refractivity contribution in [3.63, 3.8) is 0 Å². The number of methoxy groups -OCH3 is 1. The van der Waals surface area contributed by atoms with E-state index in [1.165, 1.54) is 44.1 Å². The number of piperidine rings is 1. The molecule has 2 aliphatic rings. The number of ether oxygens (including phenoxy) is 1. The van der Waals surface area contributed by atoms with Crippen LogP contribution in [0.4, 0.5) is 0 Å². The molecule has 0 bridgehead atoms. The first-order valence-electron chi connectivity index (χ1n) is 9.68. The lowest BCUT2D eigenvalue weighted by Gasteiger charge is -2.34. The Balaban J connectivity index is 1.69. The lowest BCUT2D eigenvalue weighted by atomic mass is 9.85. The van der Waals surface area contributed by atoms with Crippen LogP contribution >= 0.6 is 0 Å². The molecule has 0 spiro atoms. The van der Waals surface area contributed by atoms with Crippen molar-refractivity contribution in [2.45, 2.75) is 44.6 Å². The summed E-state index contributed by atoms with van der Waals surface area (Å²) >= 11 is 0. The Morgan fingerprint density at radius 3 is 2.68 bits per heavy atom. The lowest BCUT2D eigenvalue weighted by Crippen LogP contribution is -2.39. The van der Waals surface area contributed by atoms with Gasteiger partial charge in [-0.15, -0.1) is 0 Å². The summed E-state index contributed by atoms with van der Waals surface area (Å²) < 4.78 is 5.60. The van der Waals surface area contributed by atoms with Gasteiger partial charge < -0.3 is 15.8 Å². The van der Waals surface area contributed by atoms with Gasteiger partial charge in [0.05, 0.1) is 19.7 Å². The Morgan fingerprint density at radius 1 is 1.24 bits per heavy atom. The molecule has 5 nitrogen and oxygen atoms in total. The Labute approximate surface area is 151 Å². The highest BCUT2D eigenvalue weighted by Gasteiger charge is 2.24. The van der Waals surface area contributed by atoms with Gasteiger partial charge in [0.25, 0.3) is 0 Å². The largest absolute Gasteiger partial charge is 0.496 e. The molecule has 0 aromatic heterocycles. The molecular weight excluding hydrogens is 312 g/mol. The van der Waals surface area contributed by atoms with Gasteiger partial charge in [0.2, 0.25) is 0 Å². The maximum atomic E-state index is 6.12. The number of nitrogens with zero attached hydrogens (tertiary/aromatic N) is 2. The van der Waals surface area contributed by atoms with E-state index in [2.05, 4.69) is 27.3 Å². The van der Waals surface area contributed by atoms with Crippen molar-refractivity contribution in [3.05, 3.63) is 29.8 Å². The first-order valence-corrected chi connectivity index (χ1v) is 9.68. The smallest absolute Gasteiger partial charge is 0.188 e. The molecule has 1 aliphatic carbocycles. The van der Waals surface area contributed by atoms with Crippen molar-refractivity contribution < 1.29 is 4.74 Å². The number of benzene rings is 1. The van der Waals surface area contributed by atoms with Gasteiger partial charge in [-0.25, -0.2) is 0 Å². The molecule has 1 saturated carbocycles. The molecule has 1 heterocycles. The molecule has 0 amide bonds. The van der Waals surface area contributed by atoms with Gasteiger partial charge in [-0.3, -0.25) is 9.89 Å². The van der Waals surface area contributed by atoms with Gasteiger partial charge in [-0.2, -0.15) is 0 Å². The minimum Gasteiger partial charge on any atom is -0.496 e. The van der Waals surface area contributed by atoms with Crippen LogP contribution in [-0.2, 0) is 0 Å². The highest BCUT2D eigenvalue weighted by molar-refractivity contribution is 5.77. The number of aliphatic imine (C=N–C) groups is 1. The van der Waals surface area contributed by atoms with E-state index in [0.717, 1.165) is 31.3 Å². The van der Waals surface area contributed by atoms with Gasteiger partial charge >= 0.3 is 0 Å². The molecule has 5 heteroatoms. The number of likely N-dealkylation sites (tertiary alicyclic amines) is 1. The van der Waals surface area contributed by atoms with E-state index < -0.39 is 0 Å². The second kappa shape index (κ2) is 9.09. The standard InChI is InChI=1S/C20H32N4O/c1-25-19-11-4-3-10-17(19)18(24-12-5-2-6-13-24)15-23-20(21)22-14-16-8-7-9-16/h3-4,10-11,16,18H,2,5-9,12-15H2,1H3,(H3,21,22,23). The fourth-order valence-corrected chi connectivity index (χ4v) is 3.77. The Bertz CT molecular complexity index is 565. The number of rotatable bonds is 7. The molecule has 1 saturated heterocycles. The third kappa shape index (κ3) is 4.88. The number of nitrogens with two attached hydrogens (primary N) is 1. The zero-order valence-corrected chi connectivity index (χ0v) is 15.4. The molecule has 1 aromatic rings. The SMILES string of the molecule is COc1ccccc1C(CN=C(N)NCC1CCC1)N1CCCCC1. The Kier molecular flexibility index (Phi) is 6.56. The van der Waals surface area contributed by atoms with Crippen molar-refractivity contribution in [1.82, 2.24) is 10.2 Å². The van der Waals surface area contributed by atoms with E-state index in [0.29, 0.717) is 12.5 Å². The first-order chi connectivity index (χ1) is 12.3. The average Bonchev–Trinajstić information content (AvgIpc) is 2.62. The van der Waals surface area contributed by atoms with Crippen LogP contribution in [0.3, 0.4) is 0 Å². The fraction of sp³-hybridized carbons (Fsp3) is 0.650. The summed E-state index contributed by atoms with van der Waals surface area (Å²) in [5.74, 6) is 2.29. The van der Waals surface area contributed by atoms with Gasteiger partial charge in [-0.05, 0) is 50.8 Å². The molecule has 1 unspecified atom stereocenters. The minimum absolute atomic E-state index is 0.223. The van der Waals surface area contributed by atoms with E-state index in [1.54, 1.807) is 7.11 Å². The molecule has 3 rings (SSSR count). The molecule has 138 valence electrons. The number of para-hydroxylation sites is 1. The van der Waals surface area contributed by atoms with Crippen molar-refractivity contribution in [2.75, 3.05) is 33.3 Å². The third-order valence-electron chi connectivity index (χ3n) is 5.56. The third-order valence-corrected chi connectivity index (χ3v) is 5.56. The van der Waals surface area contributed by atoms with E-state index in [4.69, 9.17) is 10.5 Å². The molecular formula is C20H32N4O. The monoisotopic (exact) mass is 344 g/mol. The van der Waals surface area contributed by atoms with Gasteiger partial charge in [0, 0.05) is 12.1 Å². The normalized spacial score (nSPS) is 20.8. The molecule has 0 radical (unpaired) electrons. The summed E-state index contributed by atoms with van der Waals surface area (Å²) in [5.41, 5.74) is 7.33. The number of hydrogen-bond acceptors (Lipinski definition) is 3. The Hall–Kier alpha value is -1.75. The second-order valence-electron chi connectivity index (χ2n) is 7.26. The van der Waals surface area contributed by atoms with Crippen molar-refractivity contribution in [1.29, 1.82) is 0 Å². The number of nitrogens with one attached hydrogen (secondary N) is 1. The summed E-state index contributed by atoms with van der Waals surface area (Å²) in [6.45, 7) is 3.86. The summed E-state index contributed by atoms with van der Waals surface area (Å²) in [7, 11) is 1.74. The highest BCUT2D eigenvalue weighted by Crippen LogP contribution is 2.31. The quantitative estimate of drug-likeness (QED) is 0.590. The first kappa shape index (κ1) is 18.1. The predicted molar refractivity (Wildman–Crippen MR) is 103 cm³/mol. The summed E-state index contributed by atoms with van der Waals surface area (Å²) in [6, 6.07) is 8.52. The average molecular weight is 345 g/mol. The van der Waals surface area contributed by atoms with Crippen LogP contribution in [0.5, 0.6) is 5.75 Å². The van der Waals surface area contributed by atoms with Crippen molar-refractivity contribution >= 4 is 5.96 Å². The summed E-state index contributed by atoms with van der Waals surface area (Å²) in [4.78, 5) is 7.20. The van der Waals surface area contributed by atoms with Gasteiger partial charge in [0.1, 0.15) is 5.75 Å². The van der Waals surface area contributed by atoms with Crippen LogP contribution in [0.1, 0.15) is 50.1 Å². The van der Waals surface area contributed by atoms with Crippen molar-refractivity contribution in [3.8, 4) is 5.75 Å². The zero-order chi connectivity index (χ0) is 17.5.